The maximum Gasteiger partial charge on any atom is 0.274 e. The Hall–Kier alpha value is -3.18. The number of amides is 1. The van der Waals surface area contributed by atoms with Crippen molar-refractivity contribution in [2.45, 2.75) is 0 Å². The van der Waals surface area contributed by atoms with Gasteiger partial charge in [0, 0.05) is 50.9 Å². The number of carbonyl (C=O) groups is 1. The second-order valence-electron chi connectivity index (χ2n) is 7.36. The zero-order chi connectivity index (χ0) is 22.8. The highest BCUT2D eigenvalue weighted by Crippen LogP contribution is 2.32. The monoisotopic (exact) mass is 458 g/mol. The first-order valence-electron chi connectivity index (χ1n) is 10.0. The number of anilines is 1. The second kappa shape index (κ2) is 9.13. The smallest absolute Gasteiger partial charge is 0.274 e. The van der Waals surface area contributed by atoms with Crippen LogP contribution in [0.25, 0.3) is 11.3 Å². The van der Waals surface area contributed by atoms with Gasteiger partial charge in [-0.15, -0.1) is 5.10 Å². The van der Waals surface area contributed by atoms with Crippen LogP contribution >= 0.6 is 11.6 Å². The summed E-state index contributed by atoms with van der Waals surface area (Å²) in [6, 6.07) is 12.1. The summed E-state index contributed by atoms with van der Waals surface area (Å²) in [4.78, 5) is 17.2. The van der Waals surface area contributed by atoms with Crippen molar-refractivity contribution >= 4 is 28.9 Å². The van der Waals surface area contributed by atoms with E-state index < -0.39 is 5.23 Å². The van der Waals surface area contributed by atoms with Crippen molar-refractivity contribution in [1.82, 2.24) is 19.9 Å². The number of nitrogens with one attached hydrogen (secondary N) is 1. The third kappa shape index (κ3) is 4.13. The number of ether oxygens (including phenoxy) is 1. The SMILES string of the molecule is COc1ccccc1-c1nnn(C)c1C(=O)N1CCN(c2ccc([NH+]([O-])O)cc2Cl)CC1. The molecule has 0 saturated carbocycles. The molecule has 32 heavy (non-hydrogen) atoms. The number of para-hydroxylation sites is 1. The lowest BCUT2D eigenvalue weighted by molar-refractivity contribution is -0.991. The highest BCUT2D eigenvalue weighted by Gasteiger charge is 2.29. The maximum atomic E-state index is 13.4. The average molecular weight is 459 g/mol. The zero-order valence-corrected chi connectivity index (χ0v) is 18.4. The molecule has 1 amide bonds. The topological polar surface area (TPSA) is 111 Å². The summed E-state index contributed by atoms with van der Waals surface area (Å²) < 4.78 is 6.91. The van der Waals surface area contributed by atoms with E-state index in [1.165, 1.54) is 16.8 Å². The van der Waals surface area contributed by atoms with E-state index in [4.69, 9.17) is 21.5 Å². The number of nitrogens with zero attached hydrogens (tertiary/aromatic N) is 5. The number of rotatable bonds is 5. The molecule has 1 saturated heterocycles. The van der Waals surface area contributed by atoms with Crippen LogP contribution in [0.4, 0.5) is 11.4 Å². The van der Waals surface area contributed by atoms with Crippen LogP contribution in [0.15, 0.2) is 42.5 Å². The van der Waals surface area contributed by atoms with Crippen LogP contribution in [-0.2, 0) is 7.05 Å². The fourth-order valence-corrected chi connectivity index (χ4v) is 4.12. The first-order chi connectivity index (χ1) is 15.4. The van der Waals surface area contributed by atoms with Gasteiger partial charge in [0.25, 0.3) is 5.91 Å². The number of aromatic nitrogens is 3. The Kier molecular flexibility index (Phi) is 6.28. The normalized spacial score (nSPS) is 15.0. The molecular weight excluding hydrogens is 436 g/mol. The number of aryl methyl sites for hydroxylation is 1. The van der Waals surface area contributed by atoms with E-state index in [-0.39, 0.29) is 11.6 Å². The largest absolute Gasteiger partial charge is 0.595 e. The van der Waals surface area contributed by atoms with Crippen molar-refractivity contribution in [3.8, 4) is 17.0 Å². The lowest BCUT2D eigenvalue weighted by Crippen LogP contribution is -2.99. The van der Waals surface area contributed by atoms with Gasteiger partial charge in [0.15, 0.2) is 11.4 Å². The van der Waals surface area contributed by atoms with Gasteiger partial charge in [-0.2, -0.15) is 5.23 Å². The first kappa shape index (κ1) is 22.0. The Morgan fingerprint density at radius 1 is 1.19 bits per heavy atom. The molecule has 1 atom stereocenters. The van der Waals surface area contributed by atoms with Crippen molar-refractivity contribution in [2.24, 2.45) is 7.05 Å². The minimum Gasteiger partial charge on any atom is -0.595 e. The van der Waals surface area contributed by atoms with Gasteiger partial charge in [-0.3, -0.25) is 4.79 Å². The van der Waals surface area contributed by atoms with Crippen LogP contribution in [0, 0.1) is 5.21 Å². The van der Waals surface area contributed by atoms with Crippen LogP contribution < -0.4 is 14.9 Å². The van der Waals surface area contributed by atoms with Crippen molar-refractivity contribution in [3.05, 3.63) is 58.4 Å². The highest BCUT2D eigenvalue weighted by molar-refractivity contribution is 6.33. The summed E-state index contributed by atoms with van der Waals surface area (Å²) in [5.41, 5.74) is 2.47. The zero-order valence-electron chi connectivity index (χ0n) is 17.7. The molecule has 1 aromatic heterocycles. The quantitative estimate of drug-likeness (QED) is 0.557. The summed E-state index contributed by atoms with van der Waals surface area (Å²) in [7, 11) is 3.27. The van der Waals surface area contributed by atoms with Gasteiger partial charge in [0.1, 0.15) is 11.4 Å². The van der Waals surface area contributed by atoms with E-state index in [1.54, 1.807) is 25.1 Å². The molecule has 0 bridgehead atoms. The number of carbonyl (C=O) groups excluding carboxylic acids is 1. The third-order valence-corrected chi connectivity index (χ3v) is 5.80. The fourth-order valence-electron chi connectivity index (χ4n) is 3.82. The molecule has 168 valence electrons. The Bertz CT molecular complexity index is 1130. The molecule has 11 heteroatoms. The molecular formula is C21H23ClN6O4. The van der Waals surface area contributed by atoms with Gasteiger partial charge in [-0.05, 0) is 18.2 Å². The molecule has 1 unspecified atom stereocenters. The molecule has 1 aliphatic heterocycles. The number of benzene rings is 2. The number of piperazine rings is 1. The van der Waals surface area contributed by atoms with Gasteiger partial charge in [-0.1, -0.05) is 28.9 Å². The Morgan fingerprint density at radius 3 is 2.56 bits per heavy atom. The molecule has 10 nitrogen and oxygen atoms in total. The van der Waals surface area contributed by atoms with Crippen LogP contribution in [0.5, 0.6) is 5.75 Å². The Labute approximate surface area is 189 Å². The maximum absolute atomic E-state index is 13.4. The highest BCUT2D eigenvalue weighted by atomic mass is 35.5. The predicted octanol–water partition coefficient (Wildman–Crippen LogP) is 1.51. The summed E-state index contributed by atoms with van der Waals surface area (Å²) in [6.07, 6.45) is 0. The van der Waals surface area contributed by atoms with Gasteiger partial charge in [-0.25, -0.2) is 9.89 Å². The Balaban J connectivity index is 1.52. The standard InChI is InChI=1S/C21H23ClN6O4/c1-25-20(19(23-24-25)15-5-3-4-6-18(15)32-2)21(29)27-11-9-26(10-12-27)17-8-7-14(28(30)31)13-16(17)22/h3-8,13,28,30H,9-12H2,1-2H3. The van der Waals surface area contributed by atoms with Crippen molar-refractivity contribution < 1.29 is 20.0 Å². The lowest BCUT2D eigenvalue weighted by atomic mass is 10.1. The van der Waals surface area contributed by atoms with E-state index in [9.17, 15) is 10.0 Å². The molecule has 2 N–H and O–H groups in total. The van der Waals surface area contributed by atoms with Crippen LogP contribution in [0.3, 0.4) is 0 Å². The van der Waals surface area contributed by atoms with E-state index >= 15 is 0 Å². The van der Waals surface area contributed by atoms with Gasteiger partial charge in [0.05, 0.1) is 17.8 Å². The molecule has 0 spiro atoms. The van der Waals surface area contributed by atoms with Crippen molar-refractivity contribution in [1.29, 1.82) is 0 Å². The van der Waals surface area contributed by atoms with E-state index in [0.717, 1.165) is 5.69 Å². The molecule has 1 aliphatic rings. The van der Waals surface area contributed by atoms with Crippen molar-refractivity contribution in [3.63, 3.8) is 0 Å². The molecule has 0 aliphatic carbocycles. The number of hydrogen-bond donors (Lipinski definition) is 2. The summed E-state index contributed by atoms with van der Waals surface area (Å²) >= 11 is 6.31. The van der Waals surface area contributed by atoms with E-state index in [0.29, 0.717) is 53.9 Å². The molecule has 2 heterocycles. The lowest BCUT2D eigenvalue weighted by Gasteiger charge is -2.36. The fraction of sp³-hybridized carbons (Fsp3) is 0.286. The van der Waals surface area contributed by atoms with E-state index in [1.807, 2.05) is 29.2 Å². The van der Waals surface area contributed by atoms with Crippen molar-refractivity contribution in [2.75, 3.05) is 38.2 Å². The minimum atomic E-state index is -1.02. The summed E-state index contributed by atoms with van der Waals surface area (Å²) in [5.74, 6) is 0.455. The van der Waals surface area contributed by atoms with Gasteiger partial charge >= 0.3 is 0 Å². The van der Waals surface area contributed by atoms with Gasteiger partial charge < -0.3 is 19.7 Å². The number of methoxy groups -OCH3 is 1. The molecule has 0 radical (unpaired) electrons. The first-order valence-corrected chi connectivity index (χ1v) is 10.4. The van der Waals surface area contributed by atoms with Crippen LogP contribution in [0.2, 0.25) is 5.02 Å². The number of halogens is 1. The molecule has 4 rings (SSSR count). The molecule has 1 fully saturated rings. The van der Waals surface area contributed by atoms with E-state index in [2.05, 4.69) is 10.3 Å². The van der Waals surface area contributed by atoms with Crippen LogP contribution in [0.1, 0.15) is 10.5 Å². The summed E-state index contributed by atoms with van der Waals surface area (Å²) in [5, 5.41) is 27.9. The number of quaternary nitrogens is 1. The van der Waals surface area contributed by atoms with Gasteiger partial charge in [0.2, 0.25) is 0 Å². The molecule has 2 aromatic carbocycles. The third-order valence-electron chi connectivity index (χ3n) is 5.49. The molecule has 3 aromatic rings. The minimum absolute atomic E-state index is 0.139. The second-order valence-corrected chi connectivity index (χ2v) is 7.77. The predicted molar refractivity (Wildman–Crippen MR) is 118 cm³/mol. The average Bonchev–Trinajstić information content (AvgIpc) is 3.19. The number of hydrogen-bond acceptors (Lipinski definition) is 7. The van der Waals surface area contributed by atoms with Crippen LogP contribution in [-0.4, -0.2) is 64.3 Å². The Morgan fingerprint density at radius 2 is 1.91 bits per heavy atom. The summed E-state index contributed by atoms with van der Waals surface area (Å²) in [6.45, 7) is 2.08.